The third-order valence-electron chi connectivity index (χ3n) is 5.57. The zero-order chi connectivity index (χ0) is 22.4. The van der Waals surface area contributed by atoms with Crippen molar-refractivity contribution in [3.8, 4) is 28.8 Å². The summed E-state index contributed by atoms with van der Waals surface area (Å²) in [7, 11) is 1.61. The number of benzene rings is 2. The summed E-state index contributed by atoms with van der Waals surface area (Å²) in [6, 6.07) is 14.4. The van der Waals surface area contributed by atoms with Gasteiger partial charge in [0.15, 0.2) is 17.3 Å². The zero-order valence-electron chi connectivity index (χ0n) is 17.7. The van der Waals surface area contributed by atoms with E-state index in [1.165, 1.54) is 13.3 Å². The molecule has 2 aromatic heterocycles. The van der Waals surface area contributed by atoms with Gasteiger partial charge in [-0.3, -0.25) is 4.79 Å². The van der Waals surface area contributed by atoms with E-state index in [0.29, 0.717) is 45.6 Å². The lowest BCUT2D eigenvalue weighted by Gasteiger charge is -2.28. The van der Waals surface area contributed by atoms with Crippen molar-refractivity contribution in [3.63, 3.8) is 0 Å². The topological polar surface area (TPSA) is 98.8 Å². The second-order valence-corrected chi connectivity index (χ2v) is 7.52. The summed E-state index contributed by atoms with van der Waals surface area (Å²) >= 11 is 0. The van der Waals surface area contributed by atoms with Crippen LogP contribution in [0.25, 0.3) is 17.0 Å². The summed E-state index contributed by atoms with van der Waals surface area (Å²) in [5.74, 6) is 1.47. The van der Waals surface area contributed by atoms with E-state index in [4.69, 9.17) is 14.5 Å². The van der Waals surface area contributed by atoms with Crippen LogP contribution >= 0.6 is 0 Å². The van der Waals surface area contributed by atoms with Crippen molar-refractivity contribution in [3.05, 3.63) is 77.3 Å². The summed E-state index contributed by atoms with van der Waals surface area (Å²) in [5, 5.41) is 14.8. The summed E-state index contributed by atoms with van der Waals surface area (Å²) in [6.45, 7) is 3.29. The Bertz CT molecular complexity index is 1390. The molecule has 2 aromatic carbocycles. The zero-order valence-corrected chi connectivity index (χ0v) is 17.7. The van der Waals surface area contributed by atoms with E-state index >= 15 is 0 Å². The highest BCUT2D eigenvalue weighted by Gasteiger charge is 2.36. The number of hydrogen-bond acceptors (Lipinski definition) is 7. The Labute approximate surface area is 183 Å². The molecule has 160 valence electrons. The molecule has 0 aliphatic carbocycles. The first-order valence-corrected chi connectivity index (χ1v) is 10.0. The molecular formula is C24H20N4O4. The lowest BCUT2D eigenvalue weighted by atomic mass is 9.82. The number of Topliss-reactive ketones (excluding diaryl/α,β-unsaturated/α-hetero) is 1. The number of carbonyl (C=O) groups excluding carboxylic acids is 1. The van der Waals surface area contributed by atoms with E-state index in [1.807, 2.05) is 24.3 Å². The van der Waals surface area contributed by atoms with Gasteiger partial charge >= 0.3 is 0 Å². The minimum Gasteiger partial charge on any atom is -0.507 e. The molecule has 8 heteroatoms. The number of para-hydroxylation sites is 1. The highest BCUT2D eigenvalue weighted by molar-refractivity contribution is 5.97. The van der Waals surface area contributed by atoms with Gasteiger partial charge in [-0.05, 0) is 43.7 Å². The SMILES string of the molecule is COc1ccc([C@H]2C(C(C)=O)=C(C)Oc3ncn4nc(-c5ccccc5O)nc4c32)cc1. The Morgan fingerprint density at radius 1 is 1.16 bits per heavy atom. The number of carbonyl (C=O) groups is 1. The molecule has 0 saturated carbocycles. The molecule has 0 amide bonds. The highest BCUT2D eigenvalue weighted by Crippen LogP contribution is 2.44. The fourth-order valence-corrected chi connectivity index (χ4v) is 4.10. The molecule has 32 heavy (non-hydrogen) atoms. The highest BCUT2D eigenvalue weighted by atomic mass is 16.5. The molecule has 1 N–H and O–H groups in total. The third kappa shape index (κ3) is 3.08. The van der Waals surface area contributed by atoms with Crippen LogP contribution in [0.3, 0.4) is 0 Å². The lowest BCUT2D eigenvalue weighted by Crippen LogP contribution is -2.22. The molecule has 0 fully saturated rings. The van der Waals surface area contributed by atoms with Gasteiger partial charge in [0.05, 0.1) is 18.2 Å². The maximum atomic E-state index is 12.7. The number of hydrogen-bond donors (Lipinski definition) is 1. The van der Waals surface area contributed by atoms with Gasteiger partial charge in [-0.2, -0.15) is 0 Å². The number of phenolic OH excluding ortho intramolecular Hbond substituents is 1. The van der Waals surface area contributed by atoms with Crippen LogP contribution in [0.15, 0.2) is 66.2 Å². The van der Waals surface area contributed by atoms with Crippen LogP contribution in [0.4, 0.5) is 0 Å². The van der Waals surface area contributed by atoms with Gasteiger partial charge in [0, 0.05) is 11.5 Å². The average Bonchev–Trinajstić information content (AvgIpc) is 3.22. The van der Waals surface area contributed by atoms with Crippen LogP contribution in [0.2, 0.25) is 0 Å². The number of phenols is 1. The molecule has 5 rings (SSSR count). The fraction of sp³-hybridized carbons (Fsp3) is 0.167. The van der Waals surface area contributed by atoms with Crippen molar-refractivity contribution in [2.75, 3.05) is 7.11 Å². The number of allylic oxidation sites excluding steroid dienone is 2. The van der Waals surface area contributed by atoms with Gasteiger partial charge in [-0.25, -0.2) is 14.5 Å². The van der Waals surface area contributed by atoms with Crippen molar-refractivity contribution >= 4 is 11.4 Å². The van der Waals surface area contributed by atoms with Gasteiger partial charge in [-0.1, -0.05) is 24.3 Å². The van der Waals surface area contributed by atoms with Crippen LogP contribution in [-0.2, 0) is 4.79 Å². The molecule has 0 unspecified atom stereocenters. The van der Waals surface area contributed by atoms with Crippen molar-refractivity contribution in [1.82, 2.24) is 19.6 Å². The normalized spacial score (nSPS) is 15.4. The van der Waals surface area contributed by atoms with Gasteiger partial charge < -0.3 is 14.6 Å². The maximum absolute atomic E-state index is 12.7. The van der Waals surface area contributed by atoms with Crippen molar-refractivity contribution in [2.24, 2.45) is 0 Å². The molecule has 8 nitrogen and oxygen atoms in total. The minimum atomic E-state index is -0.445. The molecule has 0 bridgehead atoms. The Morgan fingerprint density at radius 2 is 1.91 bits per heavy atom. The van der Waals surface area contributed by atoms with E-state index in [9.17, 15) is 9.90 Å². The molecule has 1 aliphatic heterocycles. The van der Waals surface area contributed by atoms with Crippen molar-refractivity contribution in [1.29, 1.82) is 0 Å². The van der Waals surface area contributed by atoms with Crippen LogP contribution < -0.4 is 9.47 Å². The first kappa shape index (κ1) is 19.7. The van der Waals surface area contributed by atoms with E-state index in [0.717, 1.165) is 5.56 Å². The standard InChI is InChI=1S/C24H20N4O4/c1-13(29)19-14(2)32-24-21(20(19)15-8-10-16(31-3)11-9-15)23-26-22(27-28(23)12-25-24)17-6-4-5-7-18(17)30/h4-12,20,30H,1-3H3/t20-/m0/s1. The van der Waals surface area contributed by atoms with Crippen LogP contribution in [-0.4, -0.2) is 37.6 Å². The maximum Gasteiger partial charge on any atom is 0.228 e. The molecule has 1 atom stereocenters. The largest absolute Gasteiger partial charge is 0.507 e. The van der Waals surface area contributed by atoms with E-state index in [-0.39, 0.29) is 11.5 Å². The van der Waals surface area contributed by atoms with Crippen LogP contribution in [0.5, 0.6) is 17.4 Å². The lowest BCUT2D eigenvalue weighted by molar-refractivity contribution is -0.114. The van der Waals surface area contributed by atoms with E-state index < -0.39 is 5.92 Å². The predicted molar refractivity (Wildman–Crippen MR) is 117 cm³/mol. The summed E-state index contributed by atoms with van der Waals surface area (Å²) in [4.78, 5) is 21.8. The number of ether oxygens (including phenoxy) is 2. The number of aromatic hydroxyl groups is 1. The number of fused-ring (bicyclic) bond motifs is 3. The number of rotatable bonds is 4. The second-order valence-electron chi connectivity index (χ2n) is 7.52. The number of ketones is 1. The number of nitrogens with zero attached hydrogens (tertiary/aromatic N) is 4. The quantitative estimate of drug-likeness (QED) is 0.526. The monoisotopic (exact) mass is 428 g/mol. The predicted octanol–water partition coefficient (Wildman–Crippen LogP) is 3.89. The van der Waals surface area contributed by atoms with Gasteiger partial charge in [0.25, 0.3) is 0 Å². The summed E-state index contributed by atoms with van der Waals surface area (Å²) in [5.41, 5.74) is 3.05. The average molecular weight is 428 g/mol. The molecule has 0 saturated heterocycles. The first-order chi connectivity index (χ1) is 15.5. The molecule has 0 radical (unpaired) electrons. The van der Waals surface area contributed by atoms with Gasteiger partial charge in [0.2, 0.25) is 5.88 Å². The van der Waals surface area contributed by atoms with Crippen LogP contribution in [0, 0.1) is 0 Å². The van der Waals surface area contributed by atoms with Crippen molar-refractivity contribution < 1.29 is 19.4 Å². The van der Waals surface area contributed by atoms with Gasteiger partial charge in [0.1, 0.15) is 23.6 Å². The second kappa shape index (κ2) is 7.49. The molecular weight excluding hydrogens is 408 g/mol. The van der Waals surface area contributed by atoms with E-state index in [1.54, 1.807) is 42.8 Å². The van der Waals surface area contributed by atoms with E-state index in [2.05, 4.69) is 10.1 Å². The third-order valence-corrected chi connectivity index (χ3v) is 5.57. The molecule has 0 spiro atoms. The van der Waals surface area contributed by atoms with Crippen LogP contribution in [0.1, 0.15) is 30.9 Å². The molecule has 3 heterocycles. The Morgan fingerprint density at radius 3 is 2.59 bits per heavy atom. The van der Waals surface area contributed by atoms with Gasteiger partial charge in [-0.15, -0.1) is 5.10 Å². The number of aromatic nitrogens is 4. The van der Waals surface area contributed by atoms with Crippen molar-refractivity contribution in [2.45, 2.75) is 19.8 Å². The fourth-order valence-electron chi connectivity index (χ4n) is 4.10. The Balaban J connectivity index is 1.77. The molecule has 1 aliphatic rings. The summed E-state index contributed by atoms with van der Waals surface area (Å²) in [6.07, 6.45) is 1.52. The first-order valence-electron chi connectivity index (χ1n) is 10.0. The minimum absolute atomic E-state index is 0.0772. The number of methoxy groups -OCH3 is 1. The summed E-state index contributed by atoms with van der Waals surface area (Å²) < 4.78 is 12.8. The Hall–Kier alpha value is -4.20. The molecule has 4 aromatic rings. The smallest absolute Gasteiger partial charge is 0.228 e. The Kier molecular flexibility index (Phi) is 4.62.